The van der Waals surface area contributed by atoms with Crippen molar-refractivity contribution in [3.63, 3.8) is 0 Å². The van der Waals surface area contributed by atoms with Crippen molar-refractivity contribution in [1.82, 2.24) is 9.78 Å². The van der Waals surface area contributed by atoms with E-state index in [0.29, 0.717) is 11.3 Å². The number of carbonyl (C=O) groups is 1. The molecule has 0 aliphatic heterocycles. The van der Waals surface area contributed by atoms with Gasteiger partial charge < -0.3 is 9.84 Å². The van der Waals surface area contributed by atoms with E-state index in [9.17, 15) is 27.9 Å². The number of benzene rings is 2. The first kappa shape index (κ1) is 22.0. The van der Waals surface area contributed by atoms with Gasteiger partial charge in [-0.1, -0.05) is 12.1 Å². The Balaban J connectivity index is 1.92. The summed E-state index contributed by atoms with van der Waals surface area (Å²) in [7, 11) is 1.46. The maximum atomic E-state index is 13.5. The van der Waals surface area contributed by atoms with Gasteiger partial charge in [0.05, 0.1) is 18.8 Å². The molecule has 0 spiro atoms. The Morgan fingerprint density at radius 1 is 1.16 bits per heavy atom. The summed E-state index contributed by atoms with van der Waals surface area (Å²) in [6, 6.07) is 9.23. The summed E-state index contributed by atoms with van der Waals surface area (Å²) in [6.45, 7) is 0.319. The molecule has 0 aliphatic carbocycles. The van der Waals surface area contributed by atoms with E-state index < -0.39 is 29.0 Å². The van der Waals surface area contributed by atoms with Crippen LogP contribution in [0.15, 0.2) is 53.5 Å². The summed E-state index contributed by atoms with van der Waals surface area (Å²) >= 11 is 0. The smallest absolute Gasteiger partial charge is 0.411 e. The molecule has 0 unspecified atom stereocenters. The van der Waals surface area contributed by atoms with Crippen LogP contribution in [0.25, 0.3) is 5.69 Å². The van der Waals surface area contributed by atoms with Gasteiger partial charge in [0.2, 0.25) is 5.43 Å². The second-order valence-electron chi connectivity index (χ2n) is 6.57. The molecule has 0 atom stereocenters. The Hall–Kier alpha value is -3.66. The number of anilines is 1. The minimum Gasteiger partial charge on any atom is -0.465 e. The second-order valence-corrected chi connectivity index (χ2v) is 6.57. The summed E-state index contributed by atoms with van der Waals surface area (Å²) in [6.07, 6.45) is 0.0950. The number of ether oxygens (including phenoxy) is 1. The third-order valence-electron chi connectivity index (χ3n) is 4.46. The number of methoxy groups -OCH3 is 1. The van der Waals surface area contributed by atoms with Gasteiger partial charge in [-0.2, -0.15) is 5.10 Å². The summed E-state index contributed by atoms with van der Waals surface area (Å²) in [5, 5.41) is 13.5. The Morgan fingerprint density at radius 3 is 2.52 bits per heavy atom. The maximum absolute atomic E-state index is 13.5. The van der Waals surface area contributed by atoms with Gasteiger partial charge in [-0.05, 0) is 17.7 Å². The Morgan fingerprint density at radius 2 is 1.87 bits per heavy atom. The molecule has 1 N–H and O–H groups in total. The fraction of sp³-hybridized carbons (Fsp3) is 0.190. The van der Waals surface area contributed by atoms with E-state index in [0.717, 1.165) is 21.7 Å². The van der Waals surface area contributed by atoms with Crippen molar-refractivity contribution >= 4 is 11.8 Å². The highest BCUT2D eigenvalue weighted by atomic mass is 19.2. The van der Waals surface area contributed by atoms with Crippen LogP contribution in [0.1, 0.15) is 11.3 Å². The van der Waals surface area contributed by atoms with Crippen LogP contribution >= 0.6 is 0 Å². The average molecular weight is 433 g/mol. The van der Waals surface area contributed by atoms with Crippen LogP contribution in [0.3, 0.4) is 0 Å². The van der Waals surface area contributed by atoms with E-state index in [1.54, 1.807) is 24.3 Å². The van der Waals surface area contributed by atoms with Gasteiger partial charge in [-0.25, -0.2) is 22.6 Å². The third-order valence-corrected chi connectivity index (χ3v) is 4.46. The largest absolute Gasteiger partial charge is 0.465 e. The van der Waals surface area contributed by atoms with Gasteiger partial charge in [0, 0.05) is 43.6 Å². The molecule has 0 aliphatic rings. The molecule has 3 aromatic rings. The molecular weight excluding hydrogens is 415 g/mol. The fourth-order valence-electron chi connectivity index (χ4n) is 2.93. The molecule has 0 bridgehead atoms. The van der Waals surface area contributed by atoms with Crippen molar-refractivity contribution in [3.05, 3.63) is 87.6 Å². The maximum Gasteiger partial charge on any atom is 0.411 e. The Bertz CT molecular complexity index is 1140. The number of aromatic nitrogens is 2. The normalized spacial score (nSPS) is 10.8. The molecule has 2 aromatic carbocycles. The lowest BCUT2D eigenvalue weighted by molar-refractivity contribution is 0.186. The van der Waals surface area contributed by atoms with Crippen LogP contribution in [-0.4, -0.2) is 41.2 Å². The van der Waals surface area contributed by atoms with Crippen LogP contribution in [0.2, 0.25) is 0 Å². The summed E-state index contributed by atoms with van der Waals surface area (Å²) in [5.41, 5.74) is 0.534. The molecule has 3 rings (SSSR count). The fourth-order valence-corrected chi connectivity index (χ4v) is 2.93. The minimum absolute atomic E-state index is 0.0391. The molecule has 0 saturated carbocycles. The van der Waals surface area contributed by atoms with Crippen molar-refractivity contribution in [1.29, 1.82) is 0 Å². The van der Waals surface area contributed by atoms with Crippen LogP contribution in [0.5, 0.6) is 0 Å². The number of hydrogen-bond donors (Lipinski definition) is 1. The SMILES string of the molecule is COCCN(C(=O)O)c1cccc(Cc2nn(-c3cc(F)c(F)c(F)c3)ccc2=O)c1. The number of nitrogens with zero attached hydrogens (tertiary/aromatic N) is 3. The van der Waals surface area contributed by atoms with E-state index in [4.69, 9.17) is 4.74 Å². The Kier molecular flexibility index (Phi) is 6.71. The van der Waals surface area contributed by atoms with Crippen LogP contribution in [0, 0.1) is 17.5 Å². The van der Waals surface area contributed by atoms with Crippen LogP contribution in [0.4, 0.5) is 23.7 Å². The van der Waals surface area contributed by atoms with E-state index in [-0.39, 0.29) is 31.0 Å². The van der Waals surface area contributed by atoms with Crippen molar-refractivity contribution in [2.45, 2.75) is 6.42 Å². The van der Waals surface area contributed by atoms with Gasteiger partial charge in [0.25, 0.3) is 0 Å². The zero-order valence-electron chi connectivity index (χ0n) is 16.4. The highest BCUT2D eigenvalue weighted by Gasteiger charge is 2.16. The van der Waals surface area contributed by atoms with E-state index in [1.807, 2.05) is 0 Å². The highest BCUT2D eigenvalue weighted by Crippen LogP contribution is 2.19. The standard InChI is InChI=1S/C21H18F3N3O4/c1-31-8-7-26(21(29)30)14-4-2-3-13(9-14)10-18-19(28)5-6-27(25-18)15-11-16(22)20(24)17(23)12-15/h2-6,9,11-12H,7-8,10H2,1H3,(H,29,30). The van der Waals surface area contributed by atoms with Crippen LogP contribution in [-0.2, 0) is 11.2 Å². The highest BCUT2D eigenvalue weighted by molar-refractivity contribution is 5.86. The second kappa shape index (κ2) is 9.43. The van der Waals surface area contributed by atoms with E-state index in [2.05, 4.69) is 5.10 Å². The van der Waals surface area contributed by atoms with Crippen molar-refractivity contribution < 1.29 is 27.8 Å². The summed E-state index contributed by atoms with van der Waals surface area (Å²) in [5.74, 6) is -4.36. The predicted molar refractivity (Wildman–Crippen MR) is 106 cm³/mol. The first-order valence-corrected chi connectivity index (χ1v) is 9.12. The number of carboxylic acid groups (broad SMARTS) is 1. The van der Waals surface area contributed by atoms with Crippen molar-refractivity contribution in [2.75, 3.05) is 25.2 Å². The number of rotatable bonds is 7. The average Bonchev–Trinajstić information content (AvgIpc) is 2.73. The molecule has 10 heteroatoms. The van der Waals surface area contributed by atoms with E-state index in [1.165, 1.54) is 19.4 Å². The van der Waals surface area contributed by atoms with Gasteiger partial charge in [-0.3, -0.25) is 9.69 Å². The van der Waals surface area contributed by atoms with Gasteiger partial charge in [0.15, 0.2) is 17.5 Å². The summed E-state index contributed by atoms with van der Waals surface area (Å²) < 4.78 is 46.3. The van der Waals surface area contributed by atoms with Crippen molar-refractivity contribution in [2.24, 2.45) is 0 Å². The van der Waals surface area contributed by atoms with Crippen LogP contribution < -0.4 is 10.3 Å². The van der Waals surface area contributed by atoms with Gasteiger partial charge >= 0.3 is 6.09 Å². The van der Waals surface area contributed by atoms with E-state index >= 15 is 0 Å². The first-order chi connectivity index (χ1) is 14.8. The molecule has 31 heavy (non-hydrogen) atoms. The Labute approximate surface area is 174 Å². The molecule has 1 heterocycles. The zero-order valence-corrected chi connectivity index (χ0v) is 16.4. The lowest BCUT2D eigenvalue weighted by Crippen LogP contribution is -2.32. The first-order valence-electron chi connectivity index (χ1n) is 9.12. The monoisotopic (exact) mass is 433 g/mol. The molecule has 0 radical (unpaired) electrons. The molecule has 0 saturated heterocycles. The molecular formula is C21H18F3N3O4. The quantitative estimate of drug-likeness (QED) is 0.578. The van der Waals surface area contributed by atoms with Gasteiger partial charge in [0.1, 0.15) is 5.69 Å². The molecule has 7 nitrogen and oxygen atoms in total. The molecule has 1 amide bonds. The summed E-state index contributed by atoms with van der Waals surface area (Å²) in [4.78, 5) is 24.9. The number of halogens is 3. The third kappa shape index (κ3) is 5.10. The van der Waals surface area contributed by atoms with Gasteiger partial charge in [-0.15, -0.1) is 0 Å². The number of amides is 1. The minimum atomic E-state index is -1.60. The lowest BCUT2D eigenvalue weighted by Gasteiger charge is -2.19. The molecule has 1 aromatic heterocycles. The molecule has 162 valence electrons. The topological polar surface area (TPSA) is 84.7 Å². The van der Waals surface area contributed by atoms with Crippen molar-refractivity contribution in [3.8, 4) is 5.69 Å². The molecule has 0 fully saturated rings. The predicted octanol–water partition coefficient (Wildman–Crippen LogP) is 3.37. The lowest BCUT2D eigenvalue weighted by atomic mass is 10.1. The number of hydrogen-bond acceptors (Lipinski definition) is 4. The zero-order chi connectivity index (χ0) is 22.5.